The Morgan fingerprint density at radius 3 is 2.79 bits per heavy atom. The van der Waals surface area contributed by atoms with Gasteiger partial charge in [0, 0.05) is 37.1 Å². The van der Waals surface area contributed by atoms with Gasteiger partial charge in [-0.1, -0.05) is 18.2 Å². The van der Waals surface area contributed by atoms with Gasteiger partial charge in [0.1, 0.15) is 5.69 Å². The van der Waals surface area contributed by atoms with Crippen molar-refractivity contribution in [3.8, 4) is 11.1 Å². The molecule has 0 spiro atoms. The third kappa shape index (κ3) is 3.35. The maximum atomic E-state index is 11.1. The third-order valence-electron chi connectivity index (χ3n) is 3.67. The molecule has 7 heteroatoms. The van der Waals surface area contributed by atoms with E-state index in [2.05, 4.69) is 10.4 Å². The van der Waals surface area contributed by atoms with Gasteiger partial charge < -0.3 is 11.1 Å². The highest BCUT2D eigenvalue weighted by Crippen LogP contribution is 2.27. The van der Waals surface area contributed by atoms with Gasteiger partial charge in [0.15, 0.2) is 0 Å². The van der Waals surface area contributed by atoms with Crippen molar-refractivity contribution >= 4 is 17.1 Å². The standard InChI is InChI=1S/C17H17N5O2/c1-21-11-14(10-20-21)13-4-2-3-12(7-13)9-19-16-8-15(18)5-6-17(16)22(23)24/h2-8,10-11,19H,9,18H2,1H3. The van der Waals surface area contributed by atoms with Gasteiger partial charge in [-0.15, -0.1) is 0 Å². The average molecular weight is 323 g/mol. The number of nitro groups is 1. The molecule has 3 N–H and O–H groups in total. The van der Waals surface area contributed by atoms with E-state index in [1.54, 1.807) is 16.9 Å². The van der Waals surface area contributed by atoms with Gasteiger partial charge in [-0.05, 0) is 29.3 Å². The Balaban J connectivity index is 1.80. The number of hydrogen-bond acceptors (Lipinski definition) is 5. The Bertz CT molecular complexity index is 888. The van der Waals surface area contributed by atoms with E-state index in [0.29, 0.717) is 17.9 Å². The molecule has 0 unspecified atom stereocenters. The molecule has 1 heterocycles. The largest absolute Gasteiger partial charge is 0.399 e. The summed E-state index contributed by atoms with van der Waals surface area (Å²) in [6.45, 7) is 0.457. The van der Waals surface area contributed by atoms with Gasteiger partial charge in [0.2, 0.25) is 0 Å². The van der Waals surface area contributed by atoms with E-state index in [1.807, 2.05) is 37.5 Å². The predicted octanol–water partition coefficient (Wildman–Crippen LogP) is 3.19. The maximum Gasteiger partial charge on any atom is 0.292 e. The SMILES string of the molecule is Cn1cc(-c2cccc(CNc3cc(N)ccc3[N+](=O)[O-])c2)cn1. The number of nitrogens with two attached hydrogens (primary N) is 1. The fraction of sp³-hybridized carbons (Fsp3) is 0.118. The van der Waals surface area contributed by atoms with Crippen molar-refractivity contribution in [2.45, 2.75) is 6.54 Å². The van der Waals surface area contributed by atoms with Crippen LogP contribution in [0.1, 0.15) is 5.56 Å². The van der Waals surface area contributed by atoms with Crippen LogP contribution in [0.5, 0.6) is 0 Å². The highest BCUT2D eigenvalue weighted by molar-refractivity contribution is 5.68. The molecule has 24 heavy (non-hydrogen) atoms. The van der Waals surface area contributed by atoms with E-state index in [1.165, 1.54) is 12.1 Å². The quantitative estimate of drug-likeness (QED) is 0.427. The number of aromatic nitrogens is 2. The van der Waals surface area contributed by atoms with Crippen LogP contribution in [0.2, 0.25) is 0 Å². The van der Waals surface area contributed by atoms with Crippen LogP contribution in [0.25, 0.3) is 11.1 Å². The first-order valence-corrected chi connectivity index (χ1v) is 7.38. The summed E-state index contributed by atoms with van der Waals surface area (Å²) in [4.78, 5) is 10.7. The molecule has 0 saturated heterocycles. The number of nitrogen functional groups attached to an aromatic ring is 1. The monoisotopic (exact) mass is 323 g/mol. The van der Waals surface area contributed by atoms with Crippen LogP contribution in [0.4, 0.5) is 17.1 Å². The Kier molecular flexibility index (Phi) is 4.15. The molecule has 0 saturated carbocycles. The zero-order chi connectivity index (χ0) is 17.1. The van der Waals surface area contributed by atoms with Crippen molar-refractivity contribution in [2.75, 3.05) is 11.1 Å². The lowest BCUT2D eigenvalue weighted by Gasteiger charge is -2.09. The summed E-state index contributed by atoms with van der Waals surface area (Å²) in [5.41, 5.74) is 9.70. The van der Waals surface area contributed by atoms with Crippen LogP contribution < -0.4 is 11.1 Å². The summed E-state index contributed by atoms with van der Waals surface area (Å²) in [5, 5.41) is 18.4. The Hall–Kier alpha value is -3.35. The normalized spacial score (nSPS) is 10.5. The molecule has 3 rings (SSSR count). The van der Waals surface area contributed by atoms with Crippen molar-refractivity contribution < 1.29 is 4.92 Å². The second-order valence-electron chi connectivity index (χ2n) is 5.49. The number of hydrogen-bond donors (Lipinski definition) is 2. The molecular formula is C17H17N5O2. The number of aryl methyl sites for hydroxylation is 1. The van der Waals surface area contributed by atoms with E-state index in [0.717, 1.165) is 16.7 Å². The zero-order valence-corrected chi connectivity index (χ0v) is 13.1. The molecule has 0 radical (unpaired) electrons. The van der Waals surface area contributed by atoms with Crippen molar-refractivity contribution in [3.05, 3.63) is 70.5 Å². The second kappa shape index (κ2) is 6.41. The number of nitrogens with zero attached hydrogens (tertiary/aromatic N) is 3. The van der Waals surface area contributed by atoms with Gasteiger partial charge >= 0.3 is 0 Å². The lowest BCUT2D eigenvalue weighted by Crippen LogP contribution is -2.03. The first-order chi connectivity index (χ1) is 11.5. The highest BCUT2D eigenvalue weighted by atomic mass is 16.6. The topological polar surface area (TPSA) is 99.0 Å². The molecule has 0 atom stereocenters. The molecule has 1 aromatic heterocycles. The zero-order valence-electron chi connectivity index (χ0n) is 13.1. The Morgan fingerprint density at radius 2 is 2.08 bits per heavy atom. The number of nitro benzene ring substituents is 1. The number of nitrogens with one attached hydrogen (secondary N) is 1. The van der Waals surface area contributed by atoms with E-state index >= 15 is 0 Å². The number of rotatable bonds is 5. The predicted molar refractivity (Wildman–Crippen MR) is 93.5 cm³/mol. The lowest BCUT2D eigenvalue weighted by molar-refractivity contribution is -0.383. The minimum Gasteiger partial charge on any atom is -0.399 e. The van der Waals surface area contributed by atoms with Gasteiger partial charge in [-0.3, -0.25) is 14.8 Å². The number of anilines is 2. The Morgan fingerprint density at radius 1 is 1.25 bits per heavy atom. The minimum atomic E-state index is -0.423. The van der Waals surface area contributed by atoms with Crippen molar-refractivity contribution in [3.63, 3.8) is 0 Å². The summed E-state index contributed by atoms with van der Waals surface area (Å²) < 4.78 is 1.75. The first kappa shape index (κ1) is 15.5. The molecule has 3 aromatic rings. The van der Waals surface area contributed by atoms with Gasteiger partial charge in [0.05, 0.1) is 11.1 Å². The van der Waals surface area contributed by atoms with E-state index in [4.69, 9.17) is 5.73 Å². The molecule has 0 aliphatic heterocycles. The van der Waals surface area contributed by atoms with Crippen LogP contribution in [-0.4, -0.2) is 14.7 Å². The summed E-state index contributed by atoms with van der Waals surface area (Å²) in [6.07, 6.45) is 3.74. The van der Waals surface area contributed by atoms with E-state index in [9.17, 15) is 10.1 Å². The molecular weight excluding hydrogens is 306 g/mol. The highest BCUT2D eigenvalue weighted by Gasteiger charge is 2.13. The third-order valence-corrected chi connectivity index (χ3v) is 3.67. The molecule has 0 aliphatic rings. The van der Waals surface area contributed by atoms with Crippen LogP contribution in [0, 0.1) is 10.1 Å². The van der Waals surface area contributed by atoms with Gasteiger partial charge in [-0.2, -0.15) is 5.10 Å². The fourth-order valence-electron chi connectivity index (χ4n) is 2.48. The molecule has 0 amide bonds. The van der Waals surface area contributed by atoms with Crippen molar-refractivity contribution in [1.29, 1.82) is 0 Å². The summed E-state index contributed by atoms with van der Waals surface area (Å²) in [7, 11) is 1.87. The van der Waals surface area contributed by atoms with Crippen LogP contribution >= 0.6 is 0 Å². The van der Waals surface area contributed by atoms with Crippen molar-refractivity contribution in [1.82, 2.24) is 9.78 Å². The van der Waals surface area contributed by atoms with Crippen LogP contribution in [0.15, 0.2) is 54.9 Å². The average Bonchev–Trinajstić information content (AvgIpc) is 2.99. The first-order valence-electron chi connectivity index (χ1n) is 7.38. The molecule has 0 aliphatic carbocycles. The summed E-state index contributed by atoms with van der Waals surface area (Å²) in [6, 6.07) is 12.4. The molecule has 7 nitrogen and oxygen atoms in total. The molecule has 0 fully saturated rings. The van der Waals surface area contributed by atoms with Crippen LogP contribution in [-0.2, 0) is 13.6 Å². The second-order valence-corrected chi connectivity index (χ2v) is 5.49. The number of benzene rings is 2. The van der Waals surface area contributed by atoms with E-state index in [-0.39, 0.29) is 5.69 Å². The molecule has 0 bridgehead atoms. The summed E-state index contributed by atoms with van der Waals surface area (Å²) in [5.74, 6) is 0. The smallest absolute Gasteiger partial charge is 0.292 e. The summed E-state index contributed by atoms with van der Waals surface area (Å²) >= 11 is 0. The van der Waals surface area contributed by atoms with E-state index < -0.39 is 4.92 Å². The van der Waals surface area contributed by atoms with Gasteiger partial charge in [-0.25, -0.2) is 0 Å². The van der Waals surface area contributed by atoms with Crippen LogP contribution in [0.3, 0.4) is 0 Å². The maximum absolute atomic E-state index is 11.1. The van der Waals surface area contributed by atoms with Gasteiger partial charge in [0.25, 0.3) is 5.69 Å². The fourth-order valence-corrected chi connectivity index (χ4v) is 2.48. The van der Waals surface area contributed by atoms with Crippen molar-refractivity contribution in [2.24, 2.45) is 7.05 Å². The molecule has 122 valence electrons. The molecule has 2 aromatic carbocycles. The minimum absolute atomic E-state index is 0.00705. The lowest BCUT2D eigenvalue weighted by atomic mass is 10.1. The Labute approximate surface area is 138 Å².